The van der Waals surface area contributed by atoms with Crippen LogP contribution in [0.2, 0.25) is 0 Å². The molecule has 2 unspecified atom stereocenters. The molecule has 4 nitrogen and oxygen atoms in total. The SMILES string of the molecule is CC1OCCC1NC(=O)CCNC1CC1. The highest BCUT2D eigenvalue weighted by Crippen LogP contribution is 2.18. The molecule has 1 saturated carbocycles. The van der Waals surface area contributed by atoms with Gasteiger partial charge in [-0.05, 0) is 26.2 Å². The maximum atomic E-state index is 11.5. The lowest BCUT2D eigenvalue weighted by Crippen LogP contribution is -2.40. The van der Waals surface area contributed by atoms with Gasteiger partial charge < -0.3 is 15.4 Å². The van der Waals surface area contributed by atoms with Crippen LogP contribution in [0.15, 0.2) is 0 Å². The van der Waals surface area contributed by atoms with E-state index >= 15 is 0 Å². The summed E-state index contributed by atoms with van der Waals surface area (Å²) in [6.45, 7) is 3.59. The van der Waals surface area contributed by atoms with E-state index in [0.717, 1.165) is 19.6 Å². The number of hydrogen-bond donors (Lipinski definition) is 2. The number of carbonyl (C=O) groups is 1. The summed E-state index contributed by atoms with van der Waals surface area (Å²) in [6.07, 6.45) is 4.25. The average Bonchev–Trinajstić information content (AvgIpc) is 2.93. The van der Waals surface area contributed by atoms with E-state index in [1.54, 1.807) is 0 Å². The average molecular weight is 212 g/mol. The highest BCUT2D eigenvalue weighted by molar-refractivity contribution is 5.76. The highest BCUT2D eigenvalue weighted by Gasteiger charge is 2.25. The Morgan fingerprint density at radius 3 is 2.80 bits per heavy atom. The zero-order valence-corrected chi connectivity index (χ0v) is 9.29. The van der Waals surface area contributed by atoms with Crippen molar-refractivity contribution >= 4 is 5.91 Å². The van der Waals surface area contributed by atoms with E-state index in [1.807, 2.05) is 6.92 Å². The van der Waals surface area contributed by atoms with Crippen LogP contribution < -0.4 is 10.6 Å². The van der Waals surface area contributed by atoms with Gasteiger partial charge in [-0.25, -0.2) is 0 Å². The van der Waals surface area contributed by atoms with Gasteiger partial charge in [0.05, 0.1) is 12.1 Å². The molecule has 2 rings (SSSR count). The predicted molar refractivity (Wildman–Crippen MR) is 57.6 cm³/mol. The fourth-order valence-electron chi connectivity index (χ4n) is 1.88. The van der Waals surface area contributed by atoms with Crippen molar-refractivity contribution in [1.29, 1.82) is 0 Å². The molecule has 1 aliphatic carbocycles. The first-order valence-electron chi connectivity index (χ1n) is 5.90. The van der Waals surface area contributed by atoms with Gasteiger partial charge >= 0.3 is 0 Å². The first kappa shape index (κ1) is 10.9. The lowest BCUT2D eigenvalue weighted by molar-refractivity contribution is -0.122. The number of amides is 1. The molecule has 2 aliphatic rings. The highest BCUT2D eigenvalue weighted by atomic mass is 16.5. The van der Waals surface area contributed by atoms with Crippen molar-refractivity contribution in [2.45, 2.75) is 50.8 Å². The minimum Gasteiger partial charge on any atom is -0.376 e. The first-order chi connectivity index (χ1) is 7.25. The normalized spacial score (nSPS) is 30.5. The van der Waals surface area contributed by atoms with Crippen LogP contribution in [0, 0.1) is 0 Å². The second kappa shape index (κ2) is 4.94. The molecule has 0 aromatic heterocycles. The number of rotatable bonds is 5. The minimum absolute atomic E-state index is 0.144. The zero-order chi connectivity index (χ0) is 10.7. The van der Waals surface area contributed by atoms with Crippen molar-refractivity contribution < 1.29 is 9.53 Å². The topological polar surface area (TPSA) is 50.4 Å². The van der Waals surface area contributed by atoms with Crippen molar-refractivity contribution in [1.82, 2.24) is 10.6 Å². The summed E-state index contributed by atoms with van der Waals surface area (Å²) in [4.78, 5) is 11.5. The molecule has 2 fully saturated rings. The third kappa shape index (κ3) is 3.47. The summed E-state index contributed by atoms with van der Waals surface area (Å²) in [5, 5.41) is 6.35. The molecule has 86 valence electrons. The van der Waals surface area contributed by atoms with Crippen LogP contribution in [0.4, 0.5) is 0 Å². The molecular formula is C11H20N2O2. The van der Waals surface area contributed by atoms with Gasteiger partial charge in [0.2, 0.25) is 5.91 Å². The van der Waals surface area contributed by atoms with Crippen LogP contribution in [0.3, 0.4) is 0 Å². The Labute approximate surface area is 90.8 Å². The van der Waals surface area contributed by atoms with E-state index in [1.165, 1.54) is 12.8 Å². The number of ether oxygens (including phenoxy) is 1. The minimum atomic E-state index is 0.144. The monoisotopic (exact) mass is 212 g/mol. The van der Waals surface area contributed by atoms with Crippen molar-refractivity contribution in [3.63, 3.8) is 0 Å². The van der Waals surface area contributed by atoms with Gasteiger partial charge in [-0.15, -0.1) is 0 Å². The molecule has 0 radical (unpaired) electrons. The van der Waals surface area contributed by atoms with E-state index in [-0.39, 0.29) is 18.1 Å². The number of hydrogen-bond acceptors (Lipinski definition) is 3. The quantitative estimate of drug-likeness (QED) is 0.694. The molecule has 1 amide bonds. The van der Waals surface area contributed by atoms with Crippen molar-refractivity contribution in [2.75, 3.05) is 13.2 Å². The van der Waals surface area contributed by atoms with E-state index in [0.29, 0.717) is 12.5 Å². The van der Waals surface area contributed by atoms with Crippen LogP contribution in [0.25, 0.3) is 0 Å². The van der Waals surface area contributed by atoms with Gasteiger partial charge in [0.25, 0.3) is 0 Å². The Morgan fingerprint density at radius 1 is 1.40 bits per heavy atom. The molecule has 4 heteroatoms. The van der Waals surface area contributed by atoms with Crippen LogP contribution in [-0.4, -0.2) is 37.2 Å². The fraction of sp³-hybridized carbons (Fsp3) is 0.909. The van der Waals surface area contributed by atoms with Crippen LogP contribution in [-0.2, 0) is 9.53 Å². The van der Waals surface area contributed by atoms with E-state index in [4.69, 9.17) is 4.74 Å². The fourth-order valence-corrected chi connectivity index (χ4v) is 1.88. The largest absolute Gasteiger partial charge is 0.376 e. The Morgan fingerprint density at radius 2 is 2.20 bits per heavy atom. The molecule has 1 saturated heterocycles. The van der Waals surface area contributed by atoms with Crippen molar-refractivity contribution in [3.8, 4) is 0 Å². The van der Waals surface area contributed by atoms with E-state index in [2.05, 4.69) is 10.6 Å². The summed E-state index contributed by atoms with van der Waals surface area (Å²) in [7, 11) is 0. The second-order valence-corrected chi connectivity index (χ2v) is 4.52. The van der Waals surface area contributed by atoms with Crippen LogP contribution in [0.1, 0.15) is 32.6 Å². The maximum Gasteiger partial charge on any atom is 0.221 e. The second-order valence-electron chi connectivity index (χ2n) is 4.52. The third-order valence-corrected chi connectivity index (χ3v) is 3.09. The molecule has 0 aromatic carbocycles. The zero-order valence-electron chi connectivity index (χ0n) is 9.29. The Hall–Kier alpha value is -0.610. The molecule has 0 spiro atoms. The summed E-state index contributed by atoms with van der Waals surface area (Å²) >= 11 is 0. The maximum absolute atomic E-state index is 11.5. The molecule has 15 heavy (non-hydrogen) atoms. The van der Waals surface area contributed by atoms with Gasteiger partial charge in [-0.1, -0.05) is 0 Å². The van der Waals surface area contributed by atoms with Gasteiger partial charge in [-0.2, -0.15) is 0 Å². The Balaban J connectivity index is 1.58. The van der Waals surface area contributed by atoms with Gasteiger partial charge in [-0.3, -0.25) is 4.79 Å². The van der Waals surface area contributed by atoms with Crippen molar-refractivity contribution in [3.05, 3.63) is 0 Å². The van der Waals surface area contributed by atoms with Gasteiger partial charge in [0, 0.05) is 25.6 Å². The van der Waals surface area contributed by atoms with Crippen LogP contribution in [0.5, 0.6) is 0 Å². The summed E-state index contributed by atoms with van der Waals surface area (Å²) < 4.78 is 5.39. The molecule has 2 atom stereocenters. The summed E-state index contributed by atoms with van der Waals surface area (Å²) in [6, 6.07) is 0.907. The Kier molecular flexibility index (Phi) is 3.59. The number of carbonyl (C=O) groups excluding carboxylic acids is 1. The number of nitrogens with one attached hydrogen (secondary N) is 2. The first-order valence-corrected chi connectivity index (χ1v) is 5.90. The molecule has 1 heterocycles. The third-order valence-electron chi connectivity index (χ3n) is 3.09. The lowest BCUT2D eigenvalue weighted by Gasteiger charge is -2.15. The van der Waals surface area contributed by atoms with Gasteiger partial charge in [0.1, 0.15) is 0 Å². The van der Waals surface area contributed by atoms with Crippen molar-refractivity contribution in [2.24, 2.45) is 0 Å². The van der Waals surface area contributed by atoms with Crippen LogP contribution >= 0.6 is 0 Å². The Bertz CT molecular complexity index is 229. The summed E-state index contributed by atoms with van der Waals surface area (Å²) in [5.41, 5.74) is 0. The summed E-state index contributed by atoms with van der Waals surface area (Å²) in [5.74, 6) is 0.144. The molecular weight excluding hydrogens is 192 g/mol. The molecule has 1 aliphatic heterocycles. The van der Waals surface area contributed by atoms with Gasteiger partial charge in [0.15, 0.2) is 0 Å². The predicted octanol–water partition coefficient (Wildman–Crippen LogP) is 0.422. The molecule has 0 aromatic rings. The van der Waals surface area contributed by atoms with E-state index in [9.17, 15) is 4.79 Å². The lowest BCUT2D eigenvalue weighted by atomic mass is 10.1. The molecule has 2 N–H and O–H groups in total. The molecule has 0 bridgehead atoms. The standard InChI is InChI=1S/C11H20N2O2/c1-8-10(5-7-15-8)13-11(14)4-6-12-9-2-3-9/h8-10,12H,2-7H2,1H3,(H,13,14). The smallest absolute Gasteiger partial charge is 0.221 e. The van der Waals surface area contributed by atoms with E-state index < -0.39 is 0 Å².